The molecule has 20 heavy (non-hydrogen) atoms. The Morgan fingerprint density at radius 1 is 1.40 bits per heavy atom. The van der Waals surface area contributed by atoms with E-state index >= 15 is 0 Å². The quantitative estimate of drug-likeness (QED) is 0.692. The summed E-state index contributed by atoms with van der Waals surface area (Å²) in [4.78, 5) is 25.5. The van der Waals surface area contributed by atoms with E-state index in [2.05, 4.69) is 5.32 Å². The van der Waals surface area contributed by atoms with Crippen LogP contribution in [0, 0.1) is 5.41 Å². The van der Waals surface area contributed by atoms with Crippen molar-refractivity contribution in [3.63, 3.8) is 0 Å². The van der Waals surface area contributed by atoms with E-state index in [0.717, 1.165) is 5.69 Å². The second kappa shape index (κ2) is 5.03. The molecule has 1 unspecified atom stereocenters. The van der Waals surface area contributed by atoms with E-state index < -0.39 is 5.41 Å². The predicted octanol–water partition coefficient (Wildman–Crippen LogP) is 0.330. The second-order valence-electron chi connectivity index (χ2n) is 5.45. The van der Waals surface area contributed by atoms with Crippen molar-refractivity contribution in [3.05, 3.63) is 23.8 Å². The third-order valence-corrected chi connectivity index (χ3v) is 3.90. The zero-order valence-corrected chi connectivity index (χ0v) is 11.8. The van der Waals surface area contributed by atoms with Crippen LogP contribution in [0.3, 0.4) is 0 Å². The van der Waals surface area contributed by atoms with Crippen molar-refractivity contribution in [2.75, 3.05) is 30.8 Å². The molecule has 0 saturated carbocycles. The fourth-order valence-corrected chi connectivity index (χ4v) is 2.50. The highest BCUT2D eigenvalue weighted by Crippen LogP contribution is 2.35. The molecule has 6 heteroatoms. The highest BCUT2D eigenvalue weighted by Gasteiger charge is 2.39. The number of nitrogens with two attached hydrogens (primary N) is 2. The third kappa shape index (κ3) is 2.41. The fourth-order valence-electron chi connectivity index (χ4n) is 2.50. The summed E-state index contributed by atoms with van der Waals surface area (Å²) >= 11 is 0. The number of carbonyl (C=O) groups is 2. The maximum atomic E-state index is 11.9. The third-order valence-electron chi connectivity index (χ3n) is 3.90. The van der Waals surface area contributed by atoms with E-state index in [1.807, 2.05) is 11.8 Å². The lowest BCUT2D eigenvalue weighted by Gasteiger charge is -2.24. The summed E-state index contributed by atoms with van der Waals surface area (Å²) in [5.41, 5.74) is 12.6. The maximum absolute atomic E-state index is 11.9. The van der Waals surface area contributed by atoms with Crippen molar-refractivity contribution in [2.24, 2.45) is 11.1 Å². The van der Waals surface area contributed by atoms with Gasteiger partial charge in [0.1, 0.15) is 0 Å². The van der Waals surface area contributed by atoms with Crippen LogP contribution in [0.15, 0.2) is 18.2 Å². The Hall–Kier alpha value is -2.24. The van der Waals surface area contributed by atoms with Crippen LogP contribution in [-0.2, 0) is 4.79 Å². The summed E-state index contributed by atoms with van der Waals surface area (Å²) in [6, 6.07) is 5.15. The summed E-state index contributed by atoms with van der Waals surface area (Å²) in [5.74, 6) is -0.488. The molecule has 108 valence electrons. The normalized spacial score (nSPS) is 21.8. The van der Waals surface area contributed by atoms with Crippen molar-refractivity contribution >= 4 is 23.2 Å². The minimum absolute atomic E-state index is 0.173. The Morgan fingerprint density at radius 3 is 2.65 bits per heavy atom. The molecule has 1 aliphatic rings. The zero-order chi connectivity index (χ0) is 14.9. The highest BCUT2D eigenvalue weighted by molar-refractivity contribution is 6.00. The second-order valence-corrected chi connectivity index (χ2v) is 5.45. The molecule has 1 aromatic carbocycles. The lowest BCUT2D eigenvalue weighted by atomic mass is 9.89. The van der Waals surface area contributed by atoms with E-state index in [0.29, 0.717) is 30.8 Å². The first kappa shape index (κ1) is 14.2. The monoisotopic (exact) mass is 276 g/mol. The summed E-state index contributed by atoms with van der Waals surface area (Å²) in [6.45, 7) is 3.02. The van der Waals surface area contributed by atoms with E-state index in [1.54, 1.807) is 25.2 Å². The molecular weight excluding hydrogens is 256 g/mol. The molecule has 1 fully saturated rings. The SMILES string of the molecule is CNC(=O)c1ccc(N)cc1N1CCC(C)(C(N)=O)C1. The number of primary amides is 1. The first-order valence-corrected chi connectivity index (χ1v) is 6.54. The molecule has 0 aliphatic carbocycles. The lowest BCUT2D eigenvalue weighted by molar-refractivity contribution is -0.125. The van der Waals surface area contributed by atoms with E-state index in [1.165, 1.54) is 0 Å². The predicted molar refractivity (Wildman–Crippen MR) is 78.4 cm³/mol. The number of nitrogens with one attached hydrogen (secondary N) is 1. The summed E-state index contributed by atoms with van der Waals surface area (Å²) in [6.07, 6.45) is 0.671. The van der Waals surface area contributed by atoms with E-state index in [-0.39, 0.29) is 11.8 Å². The molecule has 1 saturated heterocycles. The Kier molecular flexibility index (Phi) is 3.57. The van der Waals surface area contributed by atoms with Crippen molar-refractivity contribution in [3.8, 4) is 0 Å². The average molecular weight is 276 g/mol. The Bertz CT molecular complexity index is 558. The number of hydrogen-bond acceptors (Lipinski definition) is 4. The first-order valence-electron chi connectivity index (χ1n) is 6.54. The van der Waals surface area contributed by atoms with Crippen LogP contribution < -0.4 is 21.7 Å². The van der Waals surface area contributed by atoms with Gasteiger partial charge in [0.2, 0.25) is 5.91 Å². The number of nitrogen functional groups attached to an aromatic ring is 1. The van der Waals surface area contributed by atoms with Gasteiger partial charge in [0, 0.05) is 25.8 Å². The van der Waals surface area contributed by atoms with Gasteiger partial charge in [-0.1, -0.05) is 0 Å². The average Bonchev–Trinajstić information content (AvgIpc) is 2.82. The van der Waals surface area contributed by atoms with Crippen LogP contribution in [0.2, 0.25) is 0 Å². The largest absolute Gasteiger partial charge is 0.399 e. The molecule has 5 N–H and O–H groups in total. The number of nitrogens with zero attached hydrogens (tertiary/aromatic N) is 1. The van der Waals surface area contributed by atoms with Gasteiger partial charge < -0.3 is 21.7 Å². The summed E-state index contributed by atoms with van der Waals surface area (Å²) < 4.78 is 0. The Morgan fingerprint density at radius 2 is 2.10 bits per heavy atom. The van der Waals surface area contributed by atoms with Crippen LogP contribution >= 0.6 is 0 Å². The fraction of sp³-hybridized carbons (Fsp3) is 0.429. The molecule has 1 heterocycles. The van der Waals surface area contributed by atoms with Gasteiger partial charge in [0.25, 0.3) is 5.91 Å². The molecule has 0 spiro atoms. The van der Waals surface area contributed by atoms with Gasteiger partial charge in [-0.3, -0.25) is 9.59 Å². The van der Waals surface area contributed by atoms with Crippen molar-refractivity contribution < 1.29 is 9.59 Å². The number of carbonyl (C=O) groups excluding carboxylic acids is 2. The van der Waals surface area contributed by atoms with Gasteiger partial charge in [-0.25, -0.2) is 0 Å². The molecule has 2 rings (SSSR count). The molecule has 1 atom stereocenters. The van der Waals surface area contributed by atoms with Crippen LogP contribution in [0.1, 0.15) is 23.7 Å². The van der Waals surface area contributed by atoms with E-state index in [4.69, 9.17) is 11.5 Å². The van der Waals surface area contributed by atoms with Crippen LogP contribution in [0.5, 0.6) is 0 Å². The van der Waals surface area contributed by atoms with Gasteiger partial charge >= 0.3 is 0 Å². The molecule has 1 aromatic rings. The van der Waals surface area contributed by atoms with E-state index in [9.17, 15) is 9.59 Å². The minimum Gasteiger partial charge on any atom is -0.399 e. The number of rotatable bonds is 3. The van der Waals surface area contributed by atoms with Crippen LogP contribution in [-0.4, -0.2) is 32.0 Å². The number of hydrogen-bond donors (Lipinski definition) is 3. The lowest BCUT2D eigenvalue weighted by Crippen LogP contribution is -2.37. The molecule has 0 radical (unpaired) electrons. The molecule has 1 aliphatic heterocycles. The molecule has 0 bridgehead atoms. The summed E-state index contributed by atoms with van der Waals surface area (Å²) in [7, 11) is 1.58. The van der Waals surface area contributed by atoms with Gasteiger partial charge in [-0.2, -0.15) is 0 Å². The van der Waals surface area contributed by atoms with Crippen molar-refractivity contribution in [2.45, 2.75) is 13.3 Å². The molecule has 6 nitrogen and oxygen atoms in total. The molecule has 0 aromatic heterocycles. The number of amides is 2. The Labute approximate surface area is 118 Å². The topological polar surface area (TPSA) is 101 Å². The van der Waals surface area contributed by atoms with Gasteiger partial charge in [-0.15, -0.1) is 0 Å². The van der Waals surface area contributed by atoms with Gasteiger partial charge in [0.05, 0.1) is 16.7 Å². The smallest absolute Gasteiger partial charge is 0.253 e. The molecule has 2 amide bonds. The van der Waals surface area contributed by atoms with Crippen molar-refractivity contribution in [1.82, 2.24) is 5.32 Å². The van der Waals surface area contributed by atoms with Crippen LogP contribution in [0.25, 0.3) is 0 Å². The number of benzene rings is 1. The Balaban J connectivity index is 2.36. The first-order chi connectivity index (χ1) is 9.37. The minimum atomic E-state index is -0.565. The van der Waals surface area contributed by atoms with Gasteiger partial charge in [-0.05, 0) is 31.5 Å². The molecular formula is C14H20N4O2. The van der Waals surface area contributed by atoms with Crippen LogP contribution in [0.4, 0.5) is 11.4 Å². The van der Waals surface area contributed by atoms with Gasteiger partial charge in [0.15, 0.2) is 0 Å². The maximum Gasteiger partial charge on any atom is 0.253 e. The zero-order valence-electron chi connectivity index (χ0n) is 11.8. The standard InChI is InChI=1S/C14H20N4O2/c1-14(13(16)20)5-6-18(8-14)11-7-9(15)3-4-10(11)12(19)17-2/h3-4,7H,5-6,8,15H2,1-2H3,(H2,16,20)(H,17,19). The summed E-state index contributed by atoms with van der Waals surface area (Å²) in [5, 5.41) is 2.61. The highest BCUT2D eigenvalue weighted by atomic mass is 16.2. The van der Waals surface area contributed by atoms with Crippen molar-refractivity contribution in [1.29, 1.82) is 0 Å². The number of anilines is 2.